The molecule has 0 amide bonds. The lowest BCUT2D eigenvalue weighted by Crippen LogP contribution is -2.46. The molecule has 18 heavy (non-hydrogen) atoms. The lowest BCUT2D eigenvalue weighted by Gasteiger charge is -2.39. The molecule has 0 saturated carbocycles. The molecule has 1 saturated heterocycles. The molecule has 1 aliphatic heterocycles. The van der Waals surface area contributed by atoms with Crippen molar-refractivity contribution in [3.8, 4) is 5.75 Å². The summed E-state index contributed by atoms with van der Waals surface area (Å²) in [6.07, 6.45) is 1.62. The normalized spacial score (nSPS) is 23.8. The summed E-state index contributed by atoms with van der Waals surface area (Å²) >= 11 is 0. The Morgan fingerprint density at radius 3 is 2.83 bits per heavy atom. The van der Waals surface area contributed by atoms with Crippen molar-refractivity contribution >= 4 is 11.7 Å². The van der Waals surface area contributed by atoms with Gasteiger partial charge in [-0.05, 0) is 31.9 Å². The molecule has 0 aliphatic carbocycles. The van der Waals surface area contributed by atoms with E-state index in [1.54, 1.807) is 7.11 Å². The molecule has 1 aromatic rings. The number of carboxylic acids is 1. The molecule has 1 unspecified atom stereocenters. The van der Waals surface area contributed by atoms with Gasteiger partial charge in [-0.15, -0.1) is 0 Å². The van der Waals surface area contributed by atoms with Crippen LogP contribution in [0.3, 0.4) is 0 Å². The minimum Gasteiger partial charge on any atom is -0.495 e. The molecular formula is C14H19NO3. The van der Waals surface area contributed by atoms with E-state index in [2.05, 4.69) is 4.90 Å². The monoisotopic (exact) mass is 249 g/mol. The van der Waals surface area contributed by atoms with Crippen molar-refractivity contribution < 1.29 is 14.6 Å². The van der Waals surface area contributed by atoms with Crippen LogP contribution in [0.25, 0.3) is 0 Å². The van der Waals surface area contributed by atoms with Gasteiger partial charge in [0.1, 0.15) is 5.75 Å². The van der Waals surface area contributed by atoms with Gasteiger partial charge in [-0.25, -0.2) is 0 Å². The van der Waals surface area contributed by atoms with Crippen LogP contribution >= 0.6 is 0 Å². The van der Waals surface area contributed by atoms with Gasteiger partial charge in [-0.1, -0.05) is 12.1 Å². The van der Waals surface area contributed by atoms with E-state index in [-0.39, 0.29) is 0 Å². The van der Waals surface area contributed by atoms with E-state index in [1.165, 1.54) is 0 Å². The van der Waals surface area contributed by atoms with Crippen LogP contribution in [0.2, 0.25) is 0 Å². The predicted molar refractivity (Wildman–Crippen MR) is 70.2 cm³/mol. The number of piperidine rings is 1. The van der Waals surface area contributed by atoms with Crippen LogP contribution in [-0.2, 0) is 4.79 Å². The van der Waals surface area contributed by atoms with Crippen molar-refractivity contribution in [2.75, 3.05) is 25.1 Å². The number of hydrogen-bond donors (Lipinski definition) is 1. The molecule has 1 N–H and O–H groups in total. The maximum absolute atomic E-state index is 11.3. The van der Waals surface area contributed by atoms with Crippen molar-refractivity contribution in [3.63, 3.8) is 0 Å². The Kier molecular flexibility index (Phi) is 3.45. The van der Waals surface area contributed by atoms with E-state index < -0.39 is 11.4 Å². The van der Waals surface area contributed by atoms with Gasteiger partial charge in [-0.3, -0.25) is 4.79 Å². The van der Waals surface area contributed by atoms with E-state index >= 15 is 0 Å². The number of methoxy groups -OCH3 is 1. The molecule has 1 aliphatic rings. The van der Waals surface area contributed by atoms with Crippen molar-refractivity contribution in [3.05, 3.63) is 24.3 Å². The standard InChI is InChI=1S/C14H19NO3/c1-14(13(16)17)8-5-9-15(10-14)11-6-3-4-7-12(11)18-2/h3-4,6-7H,5,8-10H2,1-2H3,(H,16,17). The Morgan fingerprint density at radius 2 is 2.17 bits per heavy atom. The molecule has 1 fully saturated rings. The summed E-state index contributed by atoms with van der Waals surface area (Å²) in [6, 6.07) is 7.75. The minimum atomic E-state index is -0.720. The fraction of sp³-hybridized carbons (Fsp3) is 0.500. The molecule has 0 spiro atoms. The zero-order valence-electron chi connectivity index (χ0n) is 10.8. The predicted octanol–water partition coefficient (Wildman–Crippen LogP) is 2.39. The van der Waals surface area contributed by atoms with E-state index in [0.717, 1.165) is 30.8 Å². The first-order chi connectivity index (χ1) is 8.57. The van der Waals surface area contributed by atoms with Gasteiger partial charge >= 0.3 is 5.97 Å². The smallest absolute Gasteiger partial charge is 0.311 e. The van der Waals surface area contributed by atoms with Crippen LogP contribution in [0.4, 0.5) is 5.69 Å². The highest BCUT2D eigenvalue weighted by Crippen LogP contribution is 2.36. The van der Waals surface area contributed by atoms with Crippen LogP contribution in [-0.4, -0.2) is 31.3 Å². The van der Waals surface area contributed by atoms with E-state index in [4.69, 9.17) is 4.74 Å². The Bertz CT molecular complexity index is 446. The summed E-state index contributed by atoms with van der Waals surface area (Å²) in [5.74, 6) is 0.0780. The second-order valence-corrected chi connectivity index (χ2v) is 5.06. The lowest BCUT2D eigenvalue weighted by atomic mass is 9.82. The van der Waals surface area contributed by atoms with E-state index in [1.807, 2.05) is 31.2 Å². The average molecular weight is 249 g/mol. The second kappa shape index (κ2) is 4.88. The number of anilines is 1. The van der Waals surface area contributed by atoms with E-state index in [0.29, 0.717) is 6.54 Å². The van der Waals surface area contributed by atoms with Crippen molar-refractivity contribution in [1.29, 1.82) is 0 Å². The first-order valence-corrected chi connectivity index (χ1v) is 6.18. The van der Waals surface area contributed by atoms with Crippen molar-refractivity contribution in [2.24, 2.45) is 5.41 Å². The fourth-order valence-electron chi connectivity index (χ4n) is 2.51. The van der Waals surface area contributed by atoms with Gasteiger partial charge in [0.15, 0.2) is 0 Å². The molecule has 1 aromatic carbocycles. The summed E-state index contributed by atoms with van der Waals surface area (Å²) in [6.45, 7) is 3.23. The topological polar surface area (TPSA) is 49.8 Å². The third-order valence-electron chi connectivity index (χ3n) is 3.64. The largest absolute Gasteiger partial charge is 0.495 e. The molecule has 4 nitrogen and oxygen atoms in total. The van der Waals surface area contributed by atoms with Gasteiger partial charge in [0, 0.05) is 13.1 Å². The summed E-state index contributed by atoms with van der Waals surface area (Å²) in [5, 5.41) is 9.33. The fourth-order valence-corrected chi connectivity index (χ4v) is 2.51. The Balaban J connectivity index is 2.26. The van der Waals surface area contributed by atoms with Gasteiger partial charge in [0.2, 0.25) is 0 Å². The van der Waals surface area contributed by atoms with Gasteiger partial charge in [0.25, 0.3) is 0 Å². The average Bonchev–Trinajstić information content (AvgIpc) is 2.38. The number of hydrogen-bond acceptors (Lipinski definition) is 3. The second-order valence-electron chi connectivity index (χ2n) is 5.06. The summed E-state index contributed by atoms with van der Waals surface area (Å²) < 4.78 is 5.34. The van der Waals surface area contributed by atoms with Gasteiger partial charge in [0.05, 0.1) is 18.2 Å². The van der Waals surface area contributed by atoms with Crippen molar-refractivity contribution in [1.82, 2.24) is 0 Å². The molecule has 1 heterocycles. The minimum absolute atomic E-state index is 0.530. The summed E-state index contributed by atoms with van der Waals surface area (Å²) in [4.78, 5) is 13.5. The highest BCUT2D eigenvalue weighted by Gasteiger charge is 2.38. The molecule has 0 aromatic heterocycles. The molecule has 1 atom stereocenters. The highest BCUT2D eigenvalue weighted by molar-refractivity contribution is 5.76. The number of para-hydroxylation sites is 2. The number of benzene rings is 1. The molecule has 0 radical (unpaired) electrons. The first kappa shape index (κ1) is 12.7. The number of aliphatic carboxylic acids is 1. The van der Waals surface area contributed by atoms with Crippen molar-refractivity contribution in [2.45, 2.75) is 19.8 Å². The first-order valence-electron chi connectivity index (χ1n) is 6.18. The highest BCUT2D eigenvalue weighted by atomic mass is 16.5. The van der Waals surface area contributed by atoms with E-state index in [9.17, 15) is 9.90 Å². The van der Waals surface area contributed by atoms with Gasteiger partial charge in [-0.2, -0.15) is 0 Å². The number of carboxylic acid groups (broad SMARTS) is 1. The number of ether oxygens (including phenoxy) is 1. The third kappa shape index (κ3) is 2.28. The number of nitrogens with zero attached hydrogens (tertiary/aromatic N) is 1. The molecule has 98 valence electrons. The molecular weight excluding hydrogens is 230 g/mol. The molecule has 2 rings (SSSR count). The molecule has 4 heteroatoms. The Morgan fingerprint density at radius 1 is 1.44 bits per heavy atom. The van der Waals surface area contributed by atoms with Crippen LogP contribution in [0, 0.1) is 5.41 Å². The summed E-state index contributed by atoms with van der Waals surface area (Å²) in [5.41, 5.74) is 0.311. The lowest BCUT2D eigenvalue weighted by molar-refractivity contribution is -0.148. The van der Waals surface area contributed by atoms with Crippen LogP contribution in [0.5, 0.6) is 5.75 Å². The SMILES string of the molecule is COc1ccccc1N1CCCC(C)(C(=O)O)C1. The number of carbonyl (C=O) groups is 1. The summed E-state index contributed by atoms with van der Waals surface area (Å²) in [7, 11) is 1.64. The zero-order valence-corrected chi connectivity index (χ0v) is 10.8. The maximum atomic E-state index is 11.3. The molecule has 0 bridgehead atoms. The number of rotatable bonds is 3. The Hall–Kier alpha value is -1.71. The van der Waals surface area contributed by atoms with Gasteiger partial charge < -0.3 is 14.7 Å². The zero-order chi connectivity index (χ0) is 13.2. The quantitative estimate of drug-likeness (QED) is 0.893. The van der Waals surface area contributed by atoms with Crippen LogP contribution in [0.1, 0.15) is 19.8 Å². The third-order valence-corrected chi connectivity index (χ3v) is 3.64. The van der Waals surface area contributed by atoms with Crippen LogP contribution < -0.4 is 9.64 Å². The Labute approximate surface area is 107 Å². The van der Waals surface area contributed by atoms with Crippen LogP contribution in [0.15, 0.2) is 24.3 Å². The maximum Gasteiger partial charge on any atom is 0.311 e.